The zero-order chi connectivity index (χ0) is 36.7. The summed E-state index contributed by atoms with van der Waals surface area (Å²) < 4.78 is 15.7. The quantitative estimate of drug-likeness (QED) is 0.178. The van der Waals surface area contributed by atoms with Gasteiger partial charge in [-0.2, -0.15) is 0 Å². The number of fused-ring (bicyclic) bond motifs is 11. The zero-order valence-corrected chi connectivity index (χ0v) is 30.2. The smallest absolute Gasteiger partial charge is 0.159 e. The molecule has 3 aromatic heterocycles. The SMILES string of the molecule is c1ccc(-n2c3cc(-c4ccc(N(c5cccc6c5oc5ccccc56)c5cccc6c5oc5ccccc56)cc4)ccc3c3ccc4ccccc4c32)cc1. The van der Waals surface area contributed by atoms with Gasteiger partial charge in [-0.25, -0.2) is 0 Å². The van der Waals surface area contributed by atoms with Gasteiger partial charge in [0.05, 0.1) is 22.4 Å². The van der Waals surface area contributed by atoms with E-state index in [4.69, 9.17) is 8.83 Å². The van der Waals surface area contributed by atoms with Crippen LogP contribution in [0.4, 0.5) is 17.1 Å². The molecular formula is C52H32N2O2. The first-order valence-electron chi connectivity index (χ1n) is 19.0. The van der Waals surface area contributed by atoms with E-state index in [2.05, 4.69) is 179 Å². The number of aromatic nitrogens is 1. The van der Waals surface area contributed by atoms with Gasteiger partial charge < -0.3 is 18.3 Å². The average Bonchev–Trinajstić information content (AvgIpc) is 3.95. The maximum absolute atomic E-state index is 6.64. The number of hydrogen-bond acceptors (Lipinski definition) is 3. The van der Waals surface area contributed by atoms with Crippen molar-refractivity contribution in [3.8, 4) is 16.8 Å². The van der Waals surface area contributed by atoms with Crippen LogP contribution in [0.1, 0.15) is 0 Å². The van der Waals surface area contributed by atoms with Crippen molar-refractivity contribution >= 4 is 93.5 Å². The van der Waals surface area contributed by atoms with Crippen LogP contribution >= 0.6 is 0 Å². The van der Waals surface area contributed by atoms with Crippen LogP contribution in [-0.4, -0.2) is 4.57 Å². The lowest BCUT2D eigenvalue weighted by Crippen LogP contribution is -2.10. The lowest BCUT2D eigenvalue weighted by atomic mass is 10.0. The summed E-state index contributed by atoms with van der Waals surface area (Å²) in [7, 11) is 0. The van der Waals surface area contributed by atoms with Crippen LogP contribution in [0.3, 0.4) is 0 Å². The second kappa shape index (κ2) is 12.0. The van der Waals surface area contributed by atoms with Crippen molar-refractivity contribution in [2.24, 2.45) is 0 Å². The minimum absolute atomic E-state index is 0.831. The van der Waals surface area contributed by atoms with E-state index >= 15 is 0 Å². The first kappa shape index (κ1) is 30.9. The highest BCUT2D eigenvalue weighted by molar-refractivity contribution is 6.19. The third-order valence-corrected chi connectivity index (χ3v) is 11.4. The van der Waals surface area contributed by atoms with Crippen LogP contribution in [0.2, 0.25) is 0 Å². The van der Waals surface area contributed by atoms with Crippen molar-refractivity contribution in [1.29, 1.82) is 0 Å². The molecule has 0 bridgehead atoms. The molecule has 0 aliphatic heterocycles. The molecule has 12 aromatic rings. The highest BCUT2D eigenvalue weighted by atomic mass is 16.3. The van der Waals surface area contributed by atoms with E-state index in [9.17, 15) is 0 Å². The molecule has 0 unspecified atom stereocenters. The molecule has 4 heteroatoms. The molecule has 0 atom stereocenters. The van der Waals surface area contributed by atoms with Crippen LogP contribution < -0.4 is 4.90 Å². The van der Waals surface area contributed by atoms with E-state index in [-0.39, 0.29) is 0 Å². The van der Waals surface area contributed by atoms with Gasteiger partial charge in [0.1, 0.15) is 11.2 Å². The summed E-state index contributed by atoms with van der Waals surface area (Å²) in [4.78, 5) is 2.28. The summed E-state index contributed by atoms with van der Waals surface area (Å²) in [5, 5.41) is 9.30. The van der Waals surface area contributed by atoms with Gasteiger partial charge in [-0.15, -0.1) is 0 Å². The summed E-state index contributed by atoms with van der Waals surface area (Å²) >= 11 is 0. The molecule has 262 valence electrons. The molecule has 0 aliphatic carbocycles. The van der Waals surface area contributed by atoms with Crippen molar-refractivity contribution in [3.05, 3.63) is 194 Å². The summed E-state index contributed by atoms with van der Waals surface area (Å²) in [6.45, 7) is 0. The standard InChI is InChI=1S/C52H32N2O2/c1-2-13-36(14-3-1)54-47-32-35(27-30-39(47)42-31-26-34-12-4-5-15-38(34)50(42)54)33-24-28-37(29-25-33)53(45-20-10-18-43-40-16-6-8-22-48(40)55-51(43)45)46-21-11-19-44-41-17-7-9-23-49(41)56-52(44)46/h1-32H. The Bertz CT molecular complexity index is 3370. The monoisotopic (exact) mass is 716 g/mol. The lowest BCUT2D eigenvalue weighted by Gasteiger charge is -2.25. The third-order valence-electron chi connectivity index (χ3n) is 11.4. The molecule has 0 aliphatic rings. The maximum Gasteiger partial charge on any atom is 0.159 e. The molecule has 56 heavy (non-hydrogen) atoms. The minimum Gasteiger partial charge on any atom is -0.454 e. The second-order valence-electron chi connectivity index (χ2n) is 14.5. The molecule has 0 spiro atoms. The van der Waals surface area contributed by atoms with Crippen LogP contribution in [0, 0.1) is 0 Å². The summed E-state index contributed by atoms with van der Waals surface area (Å²) in [5.41, 5.74) is 12.1. The fraction of sp³-hybridized carbons (Fsp3) is 0. The molecule has 9 aromatic carbocycles. The number of furan rings is 2. The maximum atomic E-state index is 6.64. The zero-order valence-electron chi connectivity index (χ0n) is 30.2. The molecule has 12 rings (SSSR count). The summed E-state index contributed by atoms with van der Waals surface area (Å²) in [6, 6.07) is 68.9. The van der Waals surface area contributed by atoms with E-state index < -0.39 is 0 Å². The van der Waals surface area contributed by atoms with Crippen LogP contribution in [-0.2, 0) is 0 Å². The normalized spacial score (nSPS) is 11.9. The van der Waals surface area contributed by atoms with E-state index in [0.717, 1.165) is 77.8 Å². The van der Waals surface area contributed by atoms with Gasteiger partial charge in [-0.3, -0.25) is 0 Å². The van der Waals surface area contributed by atoms with Crippen molar-refractivity contribution < 1.29 is 8.83 Å². The molecule has 3 heterocycles. The Morgan fingerprint density at radius 2 is 0.929 bits per heavy atom. The highest BCUT2D eigenvalue weighted by Gasteiger charge is 2.23. The predicted molar refractivity (Wildman–Crippen MR) is 233 cm³/mol. The number of para-hydroxylation sites is 5. The van der Waals surface area contributed by atoms with Gasteiger partial charge in [0.2, 0.25) is 0 Å². The second-order valence-corrected chi connectivity index (χ2v) is 14.5. The lowest BCUT2D eigenvalue weighted by molar-refractivity contribution is 0.666. The Balaban J connectivity index is 1.05. The van der Waals surface area contributed by atoms with E-state index in [1.54, 1.807) is 0 Å². The van der Waals surface area contributed by atoms with Gasteiger partial charge in [-0.05, 0) is 71.1 Å². The molecule has 0 N–H and O–H groups in total. The predicted octanol–water partition coefficient (Wildman–Crippen LogP) is 14.9. The number of hydrogen-bond donors (Lipinski definition) is 0. The van der Waals surface area contributed by atoms with E-state index in [0.29, 0.717) is 0 Å². The van der Waals surface area contributed by atoms with Gasteiger partial charge in [0, 0.05) is 49.1 Å². The van der Waals surface area contributed by atoms with Crippen molar-refractivity contribution in [2.75, 3.05) is 4.90 Å². The Kier molecular flexibility index (Phi) is 6.60. The Morgan fingerprint density at radius 3 is 1.61 bits per heavy atom. The number of anilines is 3. The van der Waals surface area contributed by atoms with E-state index in [1.165, 1.54) is 32.6 Å². The molecule has 0 fully saturated rings. The van der Waals surface area contributed by atoms with Crippen LogP contribution in [0.25, 0.3) is 93.3 Å². The van der Waals surface area contributed by atoms with Crippen molar-refractivity contribution in [1.82, 2.24) is 4.57 Å². The first-order chi connectivity index (χ1) is 27.8. The number of benzene rings is 9. The van der Waals surface area contributed by atoms with Gasteiger partial charge in [-0.1, -0.05) is 140 Å². The average molecular weight is 717 g/mol. The first-order valence-corrected chi connectivity index (χ1v) is 19.0. The molecule has 0 saturated carbocycles. The topological polar surface area (TPSA) is 34.5 Å². The third kappa shape index (κ3) is 4.53. The van der Waals surface area contributed by atoms with Gasteiger partial charge >= 0.3 is 0 Å². The molecule has 4 nitrogen and oxygen atoms in total. The van der Waals surface area contributed by atoms with Gasteiger partial charge in [0.15, 0.2) is 11.2 Å². The molecule has 0 saturated heterocycles. The Hall–Kier alpha value is -7.56. The Labute approximate surface area is 321 Å². The van der Waals surface area contributed by atoms with E-state index in [1.807, 2.05) is 24.3 Å². The molecule has 0 amide bonds. The van der Waals surface area contributed by atoms with Crippen LogP contribution in [0.5, 0.6) is 0 Å². The number of rotatable bonds is 5. The number of nitrogens with zero attached hydrogens (tertiary/aromatic N) is 2. The minimum atomic E-state index is 0.831. The summed E-state index contributed by atoms with van der Waals surface area (Å²) in [6.07, 6.45) is 0. The highest BCUT2D eigenvalue weighted by Crippen LogP contribution is 2.46. The molecular weight excluding hydrogens is 685 g/mol. The largest absolute Gasteiger partial charge is 0.454 e. The summed E-state index contributed by atoms with van der Waals surface area (Å²) in [5.74, 6) is 0. The molecule has 0 radical (unpaired) electrons. The fourth-order valence-corrected chi connectivity index (χ4v) is 8.83. The Morgan fingerprint density at radius 1 is 0.375 bits per heavy atom. The van der Waals surface area contributed by atoms with Gasteiger partial charge in [0.25, 0.3) is 0 Å². The fourth-order valence-electron chi connectivity index (χ4n) is 8.83. The van der Waals surface area contributed by atoms with Crippen molar-refractivity contribution in [3.63, 3.8) is 0 Å². The van der Waals surface area contributed by atoms with Crippen LogP contribution in [0.15, 0.2) is 203 Å². The van der Waals surface area contributed by atoms with Crippen molar-refractivity contribution in [2.45, 2.75) is 0 Å².